The largest absolute Gasteiger partial charge is 0.143 e. The van der Waals surface area contributed by atoms with Crippen LogP contribution in [0.25, 0.3) is 10.1 Å². The van der Waals surface area contributed by atoms with E-state index >= 15 is 0 Å². The molecule has 3 heteroatoms. The SMILES string of the molecule is CCc1cc(SC)c(Br)c2ccsc12. The van der Waals surface area contributed by atoms with Gasteiger partial charge in [0, 0.05) is 19.5 Å². The summed E-state index contributed by atoms with van der Waals surface area (Å²) in [5.41, 5.74) is 1.46. The van der Waals surface area contributed by atoms with Gasteiger partial charge in [-0.3, -0.25) is 0 Å². The monoisotopic (exact) mass is 286 g/mol. The van der Waals surface area contributed by atoms with Crippen molar-refractivity contribution in [3.8, 4) is 0 Å². The molecule has 14 heavy (non-hydrogen) atoms. The molecule has 0 N–H and O–H groups in total. The van der Waals surface area contributed by atoms with E-state index in [1.165, 1.54) is 25.0 Å². The van der Waals surface area contributed by atoms with Crippen LogP contribution in [-0.2, 0) is 6.42 Å². The first-order chi connectivity index (χ1) is 6.77. The van der Waals surface area contributed by atoms with Gasteiger partial charge in [0.05, 0.1) is 0 Å². The standard InChI is InChI=1S/C11H11BrS2/c1-3-7-6-9(13-2)10(12)8-4-5-14-11(7)8/h4-6H,3H2,1-2H3. The smallest absolute Gasteiger partial charge is 0.0398 e. The Morgan fingerprint density at radius 2 is 2.29 bits per heavy atom. The summed E-state index contributed by atoms with van der Waals surface area (Å²) in [7, 11) is 0. The highest BCUT2D eigenvalue weighted by Crippen LogP contribution is 2.38. The van der Waals surface area contributed by atoms with Gasteiger partial charge in [0.2, 0.25) is 0 Å². The van der Waals surface area contributed by atoms with Crippen LogP contribution in [0.1, 0.15) is 12.5 Å². The molecular formula is C11H11BrS2. The highest BCUT2D eigenvalue weighted by atomic mass is 79.9. The zero-order valence-electron chi connectivity index (χ0n) is 8.13. The van der Waals surface area contributed by atoms with Crippen LogP contribution in [0.15, 0.2) is 26.9 Å². The summed E-state index contributed by atoms with van der Waals surface area (Å²) in [4.78, 5) is 1.34. The van der Waals surface area contributed by atoms with Gasteiger partial charge in [-0.2, -0.15) is 0 Å². The molecule has 0 aliphatic rings. The van der Waals surface area contributed by atoms with Crippen molar-refractivity contribution < 1.29 is 0 Å². The fourth-order valence-electron chi connectivity index (χ4n) is 1.56. The van der Waals surface area contributed by atoms with Gasteiger partial charge in [-0.25, -0.2) is 0 Å². The molecule has 0 unspecified atom stereocenters. The highest BCUT2D eigenvalue weighted by Gasteiger charge is 2.09. The molecule has 0 saturated heterocycles. The molecule has 1 aromatic heterocycles. The van der Waals surface area contributed by atoms with Gasteiger partial charge in [-0.05, 0) is 51.7 Å². The average molecular weight is 287 g/mol. The third kappa shape index (κ3) is 1.62. The van der Waals surface area contributed by atoms with E-state index in [4.69, 9.17) is 0 Å². The van der Waals surface area contributed by atoms with Crippen LogP contribution < -0.4 is 0 Å². The summed E-state index contributed by atoms with van der Waals surface area (Å²) < 4.78 is 2.68. The van der Waals surface area contributed by atoms with E-state index in [1.807, 2.05) is 11.3 Å². The molecule has 0 nitrogen and oxygen atoms in total. The van der Waals surface area contributed by atoms with E-state index in [2.05, 4.69) is 46.6 Å². The van der Waals surface area contributed by atoms with Gasteiger partial charge >= 0.3 is 0 Å². The molecule has 0 spiro atoms. The Labute approximate surface area is 101 Å². The van der Waals surface area contributed by atoms with E-state index in [1.54, 1.807) is 11.8 Å². The van der Waals surface area contributed by atoms with Crippen molar-refractivity contribution >= 4 is 49.1 Å². The van der Waals surface area contributed by atoms with Crippen molar-refractivity contribution in [2.75, 3.05) is 6.26 Å². The molecule has 2 rings (SSSR count). The van der Waals surface area contributed by atoms with Gasteiger partial charge in [0.15, 0.2) is 0 Å². The van der Waals surface area contributed by atoms with E-state index < -0.39 is 0 Å². The number of rotatable bonds is 2. The lowest BCUT2D eigenvalue weighted by Gasteiger charge is -2.06. The lowest BCUT2D eigenvalue weighted by atomic mass is 10.1. The van der Waals surface area contributed by atoms with Crippen molar-refractivity contribution in [2.24, 2.45) is 0 Å². The summed E-state index contributed by atoms with van der Waals surface area (Å²) in [6.07, 6.45) is 3.23. The topological polar surface area (TPSA) is 0 Å². The quantitative estimate of drug-likeness (QED) is 0.704. The normalized spacial score (nSPS) is 11.1. The minimum atomic E-state index is 1.11. The van der Waals surface area contributed by atoms with Crippen LogP contribution in [0.5, 0.6) is 0 Å². The number of thioether (sulfide) groups is 1. The number of thiophene rings is 1. The van der Waals surface area contributed by atoms with Crippen molar-refractivity contribution in [1.82, 2.24) is 0 Å². The van der Waals surface area contributed by atoms with Gasteiger partial charge in [0.1, 0.15) is 0 Å². The molecule has 0 aliphatic carbocycles. The molecule has 0 saturated carbocycles. The van der Waals surface area contributed by atoms with E-state index in [0.29, 0.717) is 0 Å². The van der Waals surface area contributed by atoms with E-state index in [9.17, 15) is 0 Å². The number of aryl methyl sites for hydroxylation is 1. The molecule has 0 amide bonds. The van der Waals surface area contributed by atoms with Crippen LogP contribution in [0.4, 0.5) is 0 Å². The number of hydrogen-bond donors (Lipinski definition) is 0. The minimum absolute atomic E-state index is 1.11. The van der Waals surface area contributed by atoms with E-state index in [-0.39, 0.29) is 0 Å². The third-order valence-electron chi connectivity index (χ3n) is 2.32. The summed E-state index contributed by atoms with van der Waals surface area (Å²) >= 11 is 7.30. The Morgan fingerprint density at radius 1 is 1.50 bits per heavy atom. The van der Waals surface area contributed by atoms with Crippen molar-refractivity contribution in [2.45, 2.75) is 18.2 Å². The first kappa shape index (κ1) is 10.5. The zero-order chi connectivity index (χ0) is 10.1. The molecule has 0 atom stereocenters. The van der Waals surface area contributed by atoms with Crippen LogP contribution in [0.3, 0.4) is 0 Å². The van der Waals surface area contributed by atoms with Gasteiger partial charge < -0.3 is 0 Å². The fraction of sp³-hybridized carbons (Fsp3) is 0.273. The maximum atomic E-state index is 3.67. The lowest BCUT2D eigenvalue weighted by molar-refractivity contribution is 1.15. The second kappa shape index (κ2) is 4.25. The predicted octanol–water partition coefficient (Wildman–Crippen LogP) is 4.95. The third-order valence-corrected chi connectivity index (χ3v) is 5.18. The van der Waals surface area contributed by atoms with Crippen molar-refractivity contribution in [3.05, 3.63) is 27.5 Å². The lowest BCUT2D eigenvalue weighted by Crippen LogP contribution is -1.83. The Kier molecular flexibility index (Phi) is 3.20. The van der Waals surface area contributed by atoms with Crippen molar-refractivity contribution in [1.29, 1.82) is 0 Å². The van der Waals surface area contributed by atoms with Gasteiger partial charge in [0.25, 0.3) is 0 Å². The Morgan fingerprint density at radius 3 is 2.93 bits per heavy atom. The van der Waals surface area contributed by atoms with Crippen LogP contribution in [0.2, 0.25) is 0 Å². The molecule has 0 radical (unpaired) electrons. The van der Waals surface area contributed by atoms with Gasteiger partial charge in [-0.1, -0.05) is 6.92 Å². The number of fused-ring (bicyclic) bond motifs is 1. The molecule has 74 valence electrons. The minimum Gasteiger partial charge on any atom is -0.143 e. The molecule has 0 aliphatic heterocycles. The summed E-state index contributed by atoms with van der Waals surface area (Å²) in [5.74, 6) is 0. The molecule has 2 aromatic rings. The molecule has 0 bridgehead atoms. The van der Waals surface area contributed by atoms with Crippen LogP contribution >= 0.6 is 39.0 Å². The Bertz CT molecular complexity index is 460. The van der Waals surface area contributed by atoms with Crippen LogP contribution in [0, 0.1) is 0 Å². The summed E-state index contributed by atoms with van der Waals surface area (Å²) in [6, 6.07) is 4.50. The van der Waals surface area contributed by atoms with Crippen molar-refractivity contribution in [3.63, 3.8) is 0 Å². The molecular weight excluding hydrogens is 276 g/mol. The predicted molar refractivity (Wildman–Crippen MR) is 70.7 cm³/mol. The maximum absolute atomic E-state index is 3.67. The first-order valence-electron chi connectivity index (χ1n) is 4.50. The summed E-state index contributed by atoms with van der Waals surface area (Å²) in [5, 5.41) is 3.53. The highest BCUT2D eigenvalue weighted by molar-refractivity contribution is 9.10. The molecule has 1 heterocycles. The zero-order valence-corrected chi connectivity index (χ0v) is 11.4. The second-order valence-electron chi connectivity index (χ2n) is 3.07. The Hall–Kier alpha value is 0.01000. The number of benzene rings is 1. The van der Waals surface area contributed by atoms with Crippen LogP contribution in [-0.4, -0.2) is 6.26 Å². The maximum Gasteiger partial charge on any atom is 0.0398 e. The number of halogens is 1. The fourth-order valence-corrected chi connectivity index (χ4v) is 4.16. The molecule has 1 aromatic carbocycles. The average Bonchev–Trinajstić information content (AvgIpc) is 2.68. The van der Waals surface area contributed by atoms with E-state index in [0.717, 1.165) is 6.42 Å². The second-order valence-corrected chi connectivity index (χ2v) is 5.63. The summed E-state index contributed by atoms with van der Waals surface area (Å²) in [6.45, 7) is 2.21. The first-order valence-corrected chi connectivity index (χ1v) is 7.40. The Balaban J connectivity index is 2.80. The molecule has 0 fully saturated rings. The van der Waals surface area contributed by atoms with Gasteiger partial charge in [-0.15, -0.1) is 23.1 Å². The number of hydrogen-bond acceptors (Lipinski definition) is 2.